The van der Waals surface area contributed by atoms with Crippen LogP contribution in [-0.2, 0) is 24.4 Å². The Hall–Kier alpha value is -3.86. The highest BCUT2D eigenvalue weighted by Gasteiger charge is 2.24. The van der Waals surface area contributed by atoms with E-state index in [2.05, 4.69) is 32.7 Å². The van der Waals surface area contributed by atoms with Crippen LogP contribution >= 0.6 is 11.3 Å². The first-order valence-corrected chi connectivity index (χ1v) is 14.3. The minimum absolute atomic E-state index is 0.261. The molecule has 0 unspecified atom stereocenters. The van der Waals surface area contributed by atoms with E-state index in [1.165, 1.54) is 0 Å². The van der Waals surface area contributed by atoms with E-state index >= 15 is 0 Å². The summed E-state index contributed by atoms with van der Waals surface area (Å²) < 4.78 is 14.7. The Morgan fingerprint density at radius 3 is 2.77 bits per heavy atom. The molecule has 1 saturated heterocycles. The van der Waals surface area contributed by atoms with E-state index < -0.39 is 5.97 Å². The van der Waals surface area contributed by atoms with Crippen LogP contribution in [-0.4, -0.2) is 62.3 Å². The number of ether oxygens (including phenoxy) is 2. The number of aromatic carboxylic acids is 1. The highest BCUT2D eigenvalue weighted by atomic mass is 32.1. The number of carboxylic acids is 1. The first-order valence-electron chi connectivity index (χ1n) is 13.4. The fraction of sp³-hybridized carbons (Fsp3) is 0.333. The number of aromatic nitrogens is 4. The van der Waals surface area contributed by atoms with Crippen molar-refractivity contribution in [1.82, 2.24) is 24.4 Å². The molecule has 9 nitrogen and oxygen atoms in total. The van der Waals surface area contributed by atoms with Crippen molar-refractivity contribution in [2.24, 2.45) is 0 Å². The Morgan fingerprint density at radius 2 is 1.95 bits per heavy atom. The zero-order valence-corrected chi connectivity index (χ0v) is 23.1. The molecule has 0 saturated carbocycles. The second kappa shape index (κ2) is 11.7. The third-order valence-electron chi connectivity index (χ3n) is 7.53. The normalized spacial score (nSPS) is 14.7. The average molecular weight is 558 g/mol. The summed E-state index contributed by atoms with van der Waals surface area (Å²) in [4.78, 5) is 28.1. The Balaban J connectivity index is 1.10. The van der Waals surface area contributed by atoms with Crippen molar-refractivity contribution in [2.75, 3.05) is 26.8 Å². The SMILES string of the molecule is COCCn1c(CN2CCC(c3cccc(OCc4cccc5scnc45)n3)CC2)nc2ccc(C(=O)O)cc21. The number of likely N-dealkylation sites (tertiary alicyclic amines) is 1. The number of imidazole rings is 1. The number of thiazole rings is 1. The largest absolute Gasteiger partial charge is 0.478 e. The molecule has 1 N–H and O–H groups in total. The van der Waals surface area contributed by atoms with Crippen LogP contribution in [0.1, 0.15) is 46.2 Å². The molecule has 6 rings (SSSR count). The van der Waals surface area contributed by atoms with Gasteiger partial charge in [-0.1, -0.05) is 18.2 Å². The number of nitrogens with zero attached hydrogens (tertiary/aromatic N) is 5. The van der Waals surface area contributed by atoms with E-state index in [0.717, 1.165) is 64.3 Å². The van der Waals surface area contributed by atoms with Gasteiger partial charge in [-0.05, 0) is 56.3 Å². The second-order valence-electron chi connectivity index (χ2n) is 10.0. The molecule has 1 aliphatic rings. The first kappa shape index (κ1) is 26.4. The number of pyridine rings is 1. The van der Waals surface area contributed by atoms with Crippen LogP contribution in [0.5, 0.6) is 5.88 Å². The third-order valence-corrected chi connectivity index (χ3v) is 8.32. The molecule has 0 spiro atoms. The number of para-hydroxylation sites is 1. The van der Waals surface area contributed by atoms with Crippen LogP contribution in [0.15, 0.2) is 60.1 Å². The van der Waals surface area contributed by atoms with Gasteiger partial charge in [-0.25, -0.2) is 19.7 Å². The van der Waals surface area contributed by atoms with Gasteiger partial charge < -0.3 is 19.1 Å². The number of methoxy groups -OCH3 is 1. The van der Waals surface area contributed by atoms with E-state index in [1.54, 1.807) is 36.6 Å². The Bertz CT molecular complexity index is 1640. The fourth-order valence-corrected chi connectivity index (χ4v) is 6.12. The second-order valence-corrected chi connectivity index (χ2v) is 10.9. The molecule has 5 aromatic rings. The Morgan fingerprint density at radius 1 is 1.10 bits per heavy atom. The molecule has 4 heterocycles. The zero-order chi connectivity index (χ0) is 27.5. The number of hydrogen-bond donors (Lipinski definition) is 1. The number of carboxylic acid groups (broad SMARTS) is 1. The number of rotatable bonds is 10. The molecule has 40 heavy (non-hydrogen) atoms. The van der Waals surface area contributed by atoms with Crippen LogP contribution in [0.4, 0.5) is 0 Å². The van der Waals surface area contributed by atoms with Crippen molar-refractivity contribution in [3.63, 3.8) is 0 Å². The van der Waals surface area contributed by atoms with Gasteiger partial charge in [0.25, 0.3) is 0 Å². The topological polar surface area (TPSA) is 103 Å². The molecule has 0 bridgehead atoms. The summed E-state index contributed by atoms with van der Waals surface area (Å²) in [6.45, 7) is 4.14. The molecule has 10 heteroatoms. The molecule has 0 radical (unpaired) electrons. The highest BCUT2D eigenvalue weighted by Crippen LogP contribution is 2.30. The smallest absolute Gasteiger partial charge is 0.335 e. The van der Waals surface area contributed by atoms with Gasteiger partial charge in [0.1, 0.15) is 12.4 Å². The lowest BCUT2D eigenvalue weighted by molar-refractivity contribution is 0.0697. The lowest BCUT2D eigenvalue weighted by atomic mass is 9.93. The maximum absolute atomic E-state index is 11.5. The summed E-state index contributed by atoms with van der Waals surface area (Å²) in [6, 6.07) is 17.3. The van der Waals surface area contributed by atoms with E-state index in [4.69, 9.17) is 19.4 Å². The van der Waals surface area contributed by atoms with Crippen LogP contribution in [0.3, 0.4) is 0 Å². The quantitative estimate of drug-likeness (QED) is 0.245. The van der Waals surface area contributed by atoms with Crippen LogP contribution in [0.2, 0.25) is 0 Å². The van der Waals surface area contributed by atoms with Crippen LogP contribution in [0, 0.1) is 0 Å². The average Bonchev–Trinajstić information content (AvgIpc) is 3.60. The lowest BCUT2D eigenvalue weighted by Crippen LogP contribution is -2.33. The number of piperidine rings is 1. The van der Waals surface area contributed by atoms with Gasteiger partial charge in [0.15, 0.2) is 0 Å². The molecule has 0 aliphatic carbocycles. The summed E-state index contributed by atoms with van der Waals surface area (Å²) in [5.74, 6) is 0.994. The monoisotopic (exact) mass is 557 g/mol. The van der Waals surface area contributed by atoms with Gasteiger partial charge in [0.2, 0.25) is 5.88 Å². The molecule has 1 fully saturated rings. The van der Waals surface area contributed by atoms with E-state index in [9.17, 15) is 9.90 Å². The minimum atomic E-state index is -0.940. The van der Waals surface area contributed by atoms with Crippen molar-refractivity contribution in [2.45, 2.75) is 38.5 Å². The molecular formula is C30H31N5O4S. The standard InChI is InChI=1S/C30H31N5O4S/c1-38-15-14-35-25-16-21(30(36)37)8-9-24(25)32-27(35)17-34-12-10-20(11-13-34)23-5-3-7-28(33-23)39-18-22-4-2-6-26-29(22)31-19-40-26/h2-9,16,19-20H,10-15,17-18H2,1H3,(H,36,37). The van der Waals surface area contributed by atoms with Crippen molar-refractivity contribution in [3.05, 3.63) is 82.8 Å². The van der Waals surface area contributed by atoms with Gasteiger partial charge >= 0.3 is 5.97 Å². The number of carbonyl (C=O) groups is 1. The predicted octanol–water partition coefficient (Wildman–Crippen LogP) is 5.34. The summed E-state index contributed by atoms with van der Waals surface area (Å²) in [5.41, 5.74) is 6.88. The van der Waals surface area contributed by atoms with Crippen LogP contribution in [0.25, 0.3) is 21.3 Å². The van der Waals surface area contributed by atoms with E-state index in [-0.39, 0.29) is 5.56 Å². The van der Waals surface area contributed by atoms with Gasteiger partial charge in [-0.3, -0.25) is 4.90 Å². The molecule has 206 valence electrons. The number of hydrogen-bond acceptors (Lipinski definition) is 8. The maximum Gasteiger partial charge on any atom is 0.335 e. The molecule has 3 aromatic heterocycles. The van der Waals surface area contributed by atoms with E-state index in [0.29, 0.717) is 38.1 Å². The van der Waals surface area contributed by atoms with Crippen molar-refractivity contribution < 1.29 is 19.4 Å². The fourth-order valence-electron chi connectivity index (χ4n) is 5.40. The molecular weight excluding hydrogens is 526 g/mol. The minimum Gasteiger partial charge on any atom is -0.478 e. The molecule has 1 aliphatic heterocycles. The third kappa shape index (κ3) is 5.56. The van der Waals surface area contributed by atoms with Crippen molar-refractivity contribution >= 4 is 38.6 Å². The zero-order valence-electron chi connectivity index (χ0n) is 22.3. The number of fused-ring (bicyclic) bond motifs is 2. The molecule has 0 atom stereocenters. The predicted molar refractivity (Wildman–Crippen MR) is 154 cm³/mol. The summed E-state index contributed by atoms with van der Waals surface area (Å²) in [7, 11) is 1.67. The van der Waals surface area contributed by atoms with E-state index in [1.807, 2.05) is 23.7 Å². The van der Waals surface area contributed by atoms with Crippen molar-refractivity contribution in [1.29, 1.82) is 0 Å². The van der Waals surface area contributed by atoms with Gasteiger partial charge in [-0.2, -0.15) is 0 Å². The summed E-state index contributed by atoms with van der Waals surface area (Å²) >= 11 is 1.63. The van der Waals surface area contributed by atoms with Gasteiger partial charge in [0.05, 0.1) is 45.5 Å². The molecule has 2 aromatic carbocycles. The highest BCUT2D eigenvalue weighted by molar-refractivity contribution is 7.16. The van der Waals surface area contributed by atoms with Gasteiger partial charge in [-0.15, -0.1) is 11.3 Å². The van der Waals surface area contributed by atoms with Crippen LogP contribution < -0.4 is 4.74 Å². The summed E-state index contributed by atoms with van der Waals surface area (Å²) in [5, 5.41) is 9.45. The first-order chi connectivity index (χ1) is 19.6. The van der Waals surface area contributed by atoms with Gasteiger partial charge in [0, 0.05) is 36.9 Å². The Labute approximate surface area is 236 Å². The molecule has 0 amide bonds. The maximum atomic E-state index is 11.5. The Kier molecular flexibility index (Phi) is 7.72. The summed E-state index contributed by atoms with van der Waals surface area (Å²) in [6.07, 6.45) is 1.99. The number of benzene rings is 2. The lowest BCUT2D eigenvalue weighted by Gasteiger charge is -2.31. The van der Waals surface area contributed by atoms with Crippen molar-refractivity contribution in [3.8, 4) is 5.88 Å².